The van der Waals surface area contributed by atoms with Crippen molar-refractivity contribution in [3.63, 3.8) is 0 Å². The van der Waals surface area contributed by atoms with Crippen molar-refractivity contribution < 1.29 is 0 Å². The minimum atomic E-state index is 0.724. The predicted octanol–water partition coefficient (Wildman–Crippen LogP) is 3.52. The van der Waals surface area contributed by atoms with Crippen LogP contribution in [0.4, 0.5) is 0 Å². The van der Waals surface area contributed by atoms with Crippen LogP contribution in [0.1, 0.15) is 59.8 Å². The molecule has 4 unspecified atom stereocenters. The van der Waals surface area contributed by atoms with E-state index in [1.54, 1.807) is 0 Å². The maximum Gasteiger partial charge on any atom is 0.0218 e. The molecule has 2 rings (SSSR count). The molecule has 0 aromatic rings. The van der Waals surface area contributed by atoms with Crippen molar-refractivity contribution in [1.82, 2.24) is 10.2 Å². The molecule has 4 atom stereocenters. The van der Waals surface area contributed by atoms with Gasteiger partial charge in [0.25, 0.3) is 0 Å². The Balaban J connectivity index is 1.86. The highest BCUT2D eigenvalue weighted by atomic mass is 15.2. The van der Waals surface area contributed by atoms with Crippen molar-refractivity contribution in [2.75, 3.05) is 19.6 Å². The maximum atomic E-state index is 3.77. The Bertz CT molecular complexity index is 264. The molecule has 2 aliphatic rings. The normalized spacial score (nSPS) is 37.1. The Labute approximate surface area is 120 Å². The van der Waals surface area contributed by atoms with Crippen molar-refractivity contribution >= 4 is 0 Å². The summed E-state index contributed by atoms with van der Waals surface area (Å²) in [5.41, 5.74) is 0. The van der Waals surface area contributed by atoms with Gasteiger partial charge in [0, 0.05) is 31.7 Å². The second kappa shape index (κ2) is 7.08. The van der Waals surface area contributed by atoms with Gasteiger partial charge in [0.05, 0.1) is 0 Å². The molecule has 112 valence electrons. The topological polar surface area (TPSA) is 15.3 Å². The molecule has 1 heterocycles. The molecule has 0 radical (unpaired) electrons. The van der Waals surface area contributed by atoms with Crippen molar-refractivity contribution in [3.8, 4) is 0 Å². The first kappa shape index (κ1) is 15.3. The average molecular weight is 266 g/mol. The van der Waals surface area contributed by atoms with Gasteiger partial charge >= 0.3 is 0 Å². The highest BCUT2D eigenvalue weighted by Crippen LogP contribution is 2.32. The van der Waals surface area contributed by atoms with Gasteiger partial charge in [-0.05, 0) is 43.4 Å². The molecule has 19 heavy (non-hydrogen) atoms. The molecule has 1 saturated carbocycles. The Hall–Kier alpha value is -0.0800. The first-order valence-electron chi connectivity index (χ1n) is 8.55. The van der Waals surface area contributed by atoms with E-state index in [0.717, 1.165) is 29.8 Å². The number of nitrogens with one attached hydrogen (secondary N) is 1. The Morgan fingerprint density at radius 3 is 2.63 bits per heavy atom. The van der Waals surface area contributed by atoms with Gasteiger partial charge in [-0.2, -0.15) is 0 Å². The smallest absolute Gasteiger partial charge is 0.0218 e. The molecule has 2 heteroatoms. The van der Waals surface area contributed by atoms with Crippen molar-refractivity contribution in [2.45, 2.75) is 71.9 Å². The van der Waals surface area contributed by atoms with Gasteiger partial charge in [-0.25, -0.2) is 0 Å². The van der Waals surface area contributed by atoms with Crippen LogP contribution in [-0.2, 0) is 0 Å². The molecular formula is C17H34N2. The summed E-state index contributed by atoms with van der Waals surface area (Å²) in [6.45, 7) is 13.3. The van der Waals surface area contributed by atoms with E-state index >= 15 is 0 Å². The van der Waals surface area contributed by atoms with Crippen LogP contribution in [0.5, 0.6) is 0 Å². The van der Waals surface area contributed by atoms with Gasteiger partial charge in [0.2, 0.25) is 0 Å². The number of nitrogens with zero attached hydrogens (tertiary/aromatic N) is 1. The fourth-order valence-electron chi connectivity index (χ4n) is 4.10. The summed E-state index contributed by atoms with van der Waals surface area (Å²) >= 11 is 0. The standard InChI is InChI=1S/C17H34N2/c1-5-17-10-18-16(8-13(2)3)12-19(17)11-15-7-6-14(4)9-15/h13-18H,5-12H2,1-4H3. The monoisotopic (exact) mass is 266 g/mol. The van der Waals surface area contributed by atoms with Crippen LogP contribution >= 0.6 is 0 Å². The summed E-state index contributed by atoms with van der Waals surface area (Å²) in [5, 5.41) is 3.77. The largest absolute Gasteiger partial charge is 0.311 e. The highest BCUT2D eigenvalue weighted by molar-refractivity contribution is 4.88. The number of hydrogen-bond donors (Lipinski definition) is 1. The number of piperazine rings is 1. The summed E-state index contributed by atoms with van der Waals surface area (Å²) in [4.78, 5) is 2.81. The van der Waals surface area contributed by atoms with E-state index in [-0.39, 0.29) is 0 Å². The van der Waals surface area contributed by atoms with Gasteiger partial charge in [0.15, 0.2) is 0 Å². The second-order valence-electron chi connectivity index (χ2n) is 7.53. The second-order valence-corrected chi connectivity index (χ2v) is 7.53. The third-order valence-electron chi connectivity index (χ3n) is 5.14. The third kappa shape index (κ3) is 4.46. The van der Waals surface area contributed by atoms with Gasteiger partial charge in [0.1, 0.15) is 0 Å². The van der Waals surface area contributed by atoms with Crippen LogP contribution in [0.2, 0.25) is 0 Å². The molecule has 1 saturated heterocycles. The minimum absolute atomic E-state index is 0.724. The lowest BCUT2D eigenvalue weighted by atomic mass is 9.97. The fourth-order valence-corrected chi connectivity index (χ4v) is 4.10. The average Bonchev–Trinajstić information content (AvgIpc) is 2.74. The van der Waals surface area contributed by atoms with Gasteiger partial charge < -0.3 is 5.32 Å². The van der Waals surface area contributed by atoms with Crippen LogP contribution in [0.25, 0.3) is 0 Å². The Morgan fingerprint density at radius 1 is 1.26 bits per heavy atom. The molecular weight excluding hydrogens is 232 g/mol. The summed E-state index contributed by atoms with van der Waals surface area (Å²) in [6, 6.07) is 1.50. The van der Waals surface area contributed by atoms with Gasteiger partial charge in [-0.15, -0.1) is 0 Å². The van der Waals surface area contributed by atoms with Crippen molar-refractivity contribution in [1.29, 1.82) is 0 Å². The minimum Gasteiger partial charge on any atom is -0.311 e. The van der Waals surface area contributed by atoms with Gasteiger partial charge in [-0.3, -0.25) is 4.90 Å². The van der Waals surface area contributed by atoms with E-state index in [1.165, 1.54) is 51.7 Å². The zero-order chi connectivity index (χ0) is 13.8. The summed E-state index contributed by atoms with van der Waals surface area (Å²) in [5.74, 6) is 2.75. The first-order chi connectivity index (χ1) is 9.08. The maximum absolute atomic E-state index is 3.77. The SMILES string of the molecule is CCC1CNC(CC(C)C)CN1CC1CCC(C)C1. The van der Waals surface area contributed by atoms with Crippen LogP contribution in [0.3, 0.4) is 0 Å². The summed E-state index contributed by atoms with van der Waals surface area (Å²) in [6.07, 6.45) is 7.02. The van der Waals surface area contributed by atoms with E-state index in [4.69, 9.17) is 0 Å². The van der Waals surface area contributed by atoms with Crippen LogP contribution in [-0.4, -0.2) is 36.6 Å². The molecule has 0 aromatic heterocycles. The molecule has 0 aromatic carbocycles. The fraction of sp³-hybridized carbons (Fsp3) is 1.00. The Kier molecular flexibility index (Phi) is 5.70. The van der Waals surface area contributed by atoms with Crippen molar-refractivity contribution in [2.24, 2.45) is 17.8 Å². The Morgan fingerprint density at radius 2 is 2.05 bits per heavy atom. The van der Waals surface area contributed by atoms with Crippen LogP contribution in [0, 0.1) is 17.8 Å². The van der Waals surface area contributed by atoms with Gasteiger partial charge in [-0.1, -0.05) is 34.1 Å². The summed E-state index contributed by atoms with van der Waals surface area (Å²) in [7, 11) is 0. The molecule has 1 aliphatic carbocycles. The predicted molar refractivity (Wildman–Crippen MR) is 83.4 cm³/mol. The number of rotatable bonds is 5. The molecule has 0 amide bonds. The first-order valence-corrected chi connectivity index (χ1v) is 8.55. The van der Waals surface area contributed by atoms with E-state index in [9.17, 15) is 0 Å². The van der Waals surface area contributed by atoms with Crippen LogP contribution < -0.4 is 5.32 Å². The summed E-state index contributed by atoms with van der Waals surface area (Å²) < 4.78 is 0. The van der Waals surface area contributed by atoms with Crippen molar-refractivity contribution in [3.05, 3.63) is 0 Å². The van der Waals surface area contributed by atoms with E-state index in [0.29, 0.717) is 0 Å². The lowest BCUT2D eigenvalue weighted by Gasteiger charge is -2.42. The molecule has 2 nitrogen and oxygen atoms in total. The third-order valence-corrected chi connectivity index (χ3v) is 5.14. The molecule has 0 bridgehead atoms. The zero-order valence-electron chi connectivity index (χ0n) is 13.5. The quantitative estimate of drug-likeness (QED) is 0.819. The van der Waals surface area contributed by atoms with E-state index in [2.05, 4.69) is 37.9 Å². The lowest BCUT2D eigenvalue weighted by molar-refractivity contribution is 0.100. The van der Waals surface area contributed by atoms with E-state index in [1.807, 2.05) is 0 Å². The highest BCUT2D eigenvalue weighted by Gasteiger charge is 2.30. The number of hydrogen-bond acceptors (Lipinski definition) is 2. The zero-order valence-corrected chi connectivity index (χ0v) is 13.5. The molecule has 0 spiro atoms. The van der Waals surface area contributed by atoms with E-state index < -0.39 is 0 Å². The molecule has 1 N–H and O–H groups in total. The lowest BCUT2D eigenvalue weighted by Crippen LogP contribution is -2.57. The van der Waals surface area contributed by atoms with Crippen LogP contribution in [0.15, 0.2) is 0 Å². The molecule has 1 aliphatic heterocycles. The molecule has 2 fully saturated rings.